The van der Waals surface area contributed by atoms with Gasteiger partial charge in [-0.25, -0.2) is 15.5 Å². The van der Waals surface area contributed by atoms with Crippen molar-refractivity contribution in [2.45, 2.75) is 20.4 Å². The Morgan fingerprint density at radius 1 is 1.38 bits per heavy atom. The molecule has 0 aliphatic heterocycles. The van der Waals surface area contributed by atoms with Crippen molar-refractivity contribution in [2.75, 3.05) is 0 Å². The Bertz CT molecular complexity index is 818. The maximum atomic E-state index is 12.0. The predicted molar refractivity (Wildman–Crippen MR) is 76.5 cm³/mol. The second-order valence-electron chi connectivity index (χ2n) is 4.73. The number of amides is 1. The Morgan fingerprint density at radius 2 is 2.14 bits per heavy atom. The molecule has 3 rings (SSSR count). The number of nitrogens with one attached hydrogen (secondary N) is 1. The van der Waals surface area contributed by atoms with Gasteiger partial charge in [0.25, 0.3) is 5.91 Å². The number of carbonyl (C=O) groups excluding carboxylic acids is 1. The molecule has 108 valence electrons. The molecule has 0 spiro atoms. The maximum absolute atomic E-state index is 12.0. The summed E-state index contributed by atoms with van der Waals surface area (Å²) in [5.74, 6) is 6.83. The fourth-order valence-electron chi connectivity index (χ4n) is 2.38. The zero-order chi connectivity index (χ0) is 15.0. The number of carbonyl (C=O) groups is 1. The standard InChI is InChI=1S/C14H15N5O2/c1-8-16-9(2)19(18-8)7-12-13(14(20)17-15)10-5-3-4-6-11(10)21-12/h3-6H,7,15H2,1-2H3,(H,17,20). The van der Waals surface area contributed by atoms with Crippen molar-refractivity contribution in [3.8, 4) is 0 Å². The van der Waals surface area contributed by atoms with Crippen LogP contribution in [0.15, 0.2) is 28.7 Å². The third-order valence-electron chi connectivity index (χ3n) is 3.28. The second-order valence-corrected chi connectivity index (χ2v) is 4.73. The first-order valence-corrected chi connectivity index (χ1v) is 6.49. The van der Waals surface area contributed by atoms with Crippen molar-refractivity contribution >= 4 is 16.9 Å². The topological polar surface area (TPSA) is 99.0 Å². The number of hydrazine groups is 1. The minimum Gasteiger partial charge on any atom is -0.458 e. The van der Waals surface area contributed by atoms with Gasteiger partial charge in [-0.1, -0.05) is 18.2 Å². The number of nitrogens with zero attached hydrogens (tertiary/aromatic N) is 3. The Morgan fingerprint density at radius 3 is 2.81 bits per heavy atom. The number of aromatic nitrogens is 3. The van der Waals surface area contributed by atoms with Crippen LogP contribution in [0.3, 0.4) is 0 Å². The molecule has 0 bridgehead atoms. The molecule has 0 radical (unpaired) electrons. The van der Waals surface area contributed by atoms with Gasteiger partial charge in [-0.3, -0.25) is 10.2 Å². The van der Waals surface area contributed by atoms with Crippen molar-refractivity contribution in [2.24, 2.45) is 5.84 Å². The molecular weight excluding hydrogens is 270 g/mol. The second kappa shape index (κ2) is 5.02. The van der Waals surface area contributed by atoms with Crippen LogP contribution in [0.2, 0.25) is 0 Å². The molecule has 0 saturated heterocycles. The summed E-state index contributed by atoms with van der Waals surface area (Å²) in [6.07, 6.45) is 0. The highest BCUT2D eigenvalue weighted by Crippen LogP contribution is 2.26. The van der Waals surface area contributed by atoms with Gasteiger partial charge in [0.15, 0.2) is 0 Å². The van der Waals surface area contributed by atoms with Crippen LogP contribution in [0.4, 0.5) is 0 Å². The van der Waals surface area contributed by atoms with Crippen LogP contribution < -0.4 is 11.3 Å². The Kier molecular flexibility index (Phi) is 3.19. The number of furan rings is 1. The van der Waals surface area contributed by atoms with Crippen LogP contribution in [0.5, 0.6) is 0 Å². The first-order valence-electron chi connectivity index (χ1n) is 6.49. The summed E-state index contributed by atoms with van der Waals surface area (Å²) in [6, 6.07) is 7.34. The van der Waals surface area contributed by atoms with Crippen LogP contribution in [-0.2, 0) is 6.54 Å². The molecule has 3 aromatic rings. The number of nitrogens with two attached hydrogens (primary N) is 1. The van der Waals surface area contributed by atoms with E-state index in [4.69, 9.17) is 10.3 Å². The lowest BCUT2D eigenvalue weighted by Gasteiger charge is -2.03. The van der Waals surface area contributed by atoms with E-state index in [1.165, 1.54) is 0 Å². The number of nitrogen functional groups attached to an aromatic ring is 1. The van der Waals surface area contributed by atoms with Gasteiger partial charge in [0, 0.05) is 5.39 Å². The molecule has 1 aromatic carbocycles. The molecule has 3 N–H and O–H groups in total. The molecular formula is C14H15N5O2. The molecule has 21 heavy (non-hydrogen) atoms. The third-order valence-corrected chi connectivity index (χ3v) is 3.28. The monoisotopic (exact) mass is 285 g/mol. The van der Waals surface area contributed by atoms with Gasteiger partial charge in [-0.05, 0) is 19.9 Å². The van der Waals surface area contributed by atoms with E-state index in [-0.39, 0.29) is 5.91 Å². The summed E-state index contributed by atoms with van der Waals surface area (Å²) in [7, 11) is 0. The van der Waals surface area contributed by atoms with Crippen LogP contribution in [0.1, 0.15) is 27.8 Å². The fraction of sp³-hybridized carbons (Fsp3) is 0.214. The van der Waals surface area contributed by atoms with Gasteiger partial charge in [0.05, 0.1) is 5.56 Å². The van der Waals surface area contributed by atoms with Crippen molar-refractivity contribution in [1.29, 1.82) is 0 Å². The molecule has 0 saturated carbocycles. The van der Waals surface area contributed by atoms with E-state index in [0.29, 0.717) is 29.3 Å². The molecule has 0 fully saturated rings. The van der Waals surface area contributed by atoms with Crippen LogP contribution >= 0.6 is 0 Å². The molecule has 2 heterocycles. The minimum absolute atomic E-state index is 0.324. The van der Waals surface area contributed by atoms with Crippen molar-refractivity contribution in [3.05, 3.63) is 47.2 Å². The van der Waals surface area contributed by atoms with E-state index in [1.54, 1.807) is 4.68 Å². The highest BCUT2D eigenvalue weighted by molar-refractivity contribution is 6.07. The SMILES string of the molecule is Cc1nc(C)n(Cc2oc3ccccc3c2C(=O)NN)n1. The average Bonchev–Trinajstić information content (AvgIpc) is 2.98. The van der Waals surface area contributed by atoms with Crippen molar-refractivity contribution in [1.82, 2.24) is 20.2 Å². The summed E-state index contributed by atoms with van der Waals surface area (Å²) in [5, 5.41) is 5.01. The van der Waals surface area contributed by atoms with E-state index in [1.807, 2.05) is 38.1 Å². The van der Waals surface area contributed by atoms with Gasteiger partial charge >= 0.3 is 0 Å². The zero-order valence-corrected chi connectivity index (χ0v) is 11.8. The number of benzene rings is 1. The minimum atomic E-state index is -0.385. The summed E-state index contributed by atoms with van der Waals surface area (Å²) in [4.78, 5) is 16.3. The number of fused-ring (bicyclic) bond motifs is 1. The third kappa shape index (κ3) is 2.27. The summed E-state index contributed by atoms with van der Waals surface area (Å²) >= 11 is 0. The van der Waals surface area contributed by atoms with E-state index in [0.717, 1.165) is 11.2 Å². The lowest BCUT2D eigenvalue weighted by atomic mass is 10.1. The van der Waals surface area contributed by atoms with Crippen LogP contribution in [-0.4, -0.2) is 20.7 Å². The normalized spacial score (nSPS) is 11.0. The van der Waals surface area contributed by atoms with Crippen LogP contribution in [0, 0.1) is 13.8 Å². The number of aryl methyl sites for hydroxylation is 2. The highest BCUT2D eigenvalue weighted by atomic mass is 16.3. The molecule has 0 atom stereocenters. The van der Waals surface area contributed by atoms with Gasteiger partial charge in [-0.2, -0.15) is 5.10 Å². The highest BCUT2D eigenvalue weighted by Gasteiger charge is 2.21. The first kappa shape index (κ1) is 13.3. The molecule has 7 nitrogen and oxygen atoms in total. The zero-order valence-electron chi connectivity index (χ0n) is 11.8. The van der Waals surface area contributed by atoms with Gasteiger partial charge < -0.3 is 4.42 Å². The van der Waals surface area contributed by atoms with E-state index < -0.39 is 0 Å². The van der Waals surface area contributed by atoms with Gasteiger partial charge in [0.1, 0.15) is 29.5 Å². The van der Waals surface area contributed by atoms with Crippen LogP contribution in [0.25, 0.3) is 11.0 Å². The molecule has 0 aliphatic carbocycles. The van der Waals surface area contributed by atoms with Gasteiger partial charge in [0.2, 0.25) is 0 Å². The molecule has 0 unspecified atom stereocenters. The first-order chi connectivity index (χ1) is 10.1. The Balaban J connectivity index is 2.13. The number of para-hydroxylation sites is 1. The van der Waals surface area contributed by atoms with Crippen molar-refractivity contribution < 1.29 is 9.21 Å². The summed E-state index contributed by atoms with van der Waals surface area (Å²) in [6.45, 7) is 3.99. The quantitative estimate of drug-likeness (QED) is 0.429. The summed E-state index contributed by atoms with van der Waals surface area (Å²) in [5.41, 5.74) is 3.23. The summed E-state index contributed by atoms with van der Waals surface area (Å²) < 4.78 is 7.48. The van der Waals surface area contributed by atoms with E-state index in [2.05, 4.69) is 15.5 Å². The van der Waals surface area contributed by atoms with E-state index >= 15 is 0 Å². The Hall–Kier alpha value is -2.67. The maximum Gasteiger partial charge on any atom is 0.269 e. The number of hydrogen-bond acceptors (Lipinski definition) is 5. The van der Waals surface area contributed by atoms with Crippen molar-refractivity contribution in [3.63, 3.8) is 0 Å². The number of rotatable bonds is 3. The smallest absolute Gasteiger partial charge is 0.269 e. The molecule has 0 aliphatic rings. The van der Waals surface area contributed by atoms with Gasteiger partial charge in [-0.15, -0.1) is 0 Å². The largest absolute Gasteiger partial charge is 0.458 e. The van der Waals surface area contributed by atoms with E-state index in [9.17, 15) is 4.79 Å². The lowest BCUT2D eigenvalue weighted by Crippen LogP contribution is -2.30. The predicted octanol–water partition coefficient (Wildman–Crippen LogP) is 1.29. The fourth-order valence-corrected chi connectivity index (χ4v) is 2.38. The molecule has 2 aromatic heterocycles. The lowest BCUT2D eigenvalue weighted by molar-refractivity contribution is 0.0953. The average molecular weight is 285 g/mol. The molecule has 1 amide bonds. The molecule has 7 heteroatoms. The number of hydrogen-bond donors (Lipinski definition) is 2. The Labute approximate surface area is 120 Å².